The van der Waals surface area contributed by atoms with Crippen molar-refractivity contribution in [2.45, 2.75) is 19.9 Å². The van der Waals surface area contributed by atoms with Crippen molar-refractivity contribution in [3.05, 3.63) is 22.1 Å². The van der Waals surface area contributed by atoms with E-state index in [2.05, 4.69) is 21.2 Å². The first kappa shape index (κ1) is 11.3. The molecule has 1 atom stereocenters. The maximum atomic E-state index is 11.5. The predicted molar refractivity (Wildman–Crippen MR) is 55.2 cm³/mol. The molecule has 0 saturated carbocycles. The Labute approximate surface area is 90.4 Å². The molecule has 1 aromatic rings. The lowest BCUT2D eigenvalue weighted by molar-refractivity contribution is 0.0892. The van der Waals surface area contributed by atoms with E-state index in [0.29, 0.717) is 4.67 Å². The number of halogens is 1. The van der Waals surface area contributed by atoms with Gasteiger partial charge in [0.1, 0.15) is 0 Å². The van der Waals surface area contributed by atoms with Crippen LogP contribution in [0.1, 0.15) is 23.0 Å². The molecule has 0 aliphatic carbocycles. The summed E-state index contributed by atoms with van der Waals surface area (Å²) in [5.41, 5.74) is 0.763. The summed E-state index contributed by atoms with van der Waals surface area (Å²) in [4.78, 5) is 11.5. The van der Waals surface area contributed by atoms with Gasteiger partial charge in [-0.15, -0.1) is 0 Å². The minimum absolute atomic E-state index is 0.0906. The third kappa shape index (κ3) is 2.59. The van der Waals surface area contributed by atoms with Gasteiger partial charge in [0.25, 0.3) is 5.91 Å². The molecule has 1 amide bonds. The fourth-order valence-corrected chi connectivity index (χ4v) is 1.51. The van der Waals surface area contributed by atoms with Crippen LogP contribution in [0.25, 0.3) is 0 Å². The molecule has 78 valence electrons. The highest BCUT2D eigenvalue weighted by molar-refractivity contribution is 9.10. The van der Waals surface area contributed by atoms with Crippen LogP contribution < -0.4 is 5.32 Å². The van der Waals surface area contributed by atoms with Crippen LogP contribution in [-0.2, 0) is 0 Å². The zero-order valence-corrected chi connectivity index (χ0v) is 9.59. The molecule has 0 aromatic carbocycles. The molecule has 1 rings (SSSR count). The molecule has 0 aliphatic heterocycles. The molecule has 0 fully saturated rings. The number of hydrogen-bond donors (Lipinski definition) is 2. The largest absolute Gasteiger partial charge is 0.444 e. The van der Waals surface area contributed by atoms with Crippen LogP contribution in [-0.4, -0.2) is 23.7 Å². The van der Waals surface area contributed by atoms with E-state index in [1.165, 1.54) is 0 Å². The zero-order chi connectivity index (χ0) is 10.7. The quantitative estimate of drug-likeness (QED) is 0.866. The molecule has 0 bridgehead atoms. The second kappa shape index (κ2) is 4.61. The number of aliphatic hydroxyl groups is 1. The molecule has 2 N–H and O–H groups in total. The molecule has 0 spiro atoms. The number of aryl methyl sites for hydroxylation is 1. The lowest BCUT2D eigenvalue weighted by atomic mass is 10.2. The first-order valence-electron chi connectivity index (χ1n) is 4.22. The van der Waals surface area contributed by atoms with Gasteiger partial charge in [0.05, 0.1) is 6.61 Å². The van der Waals surface area contributed by atoms with Crippen molar-refractivity contribution < 1.29 is 14.3 Å². The fourth-order valence-electron chi connectivity index (χ4n) is 1.00. The molecule has 0 saturated heterocycles. The molecule has 1 unspecified atom stereocenters. The molecular formula is C9H12BrNO3. The van der Waals surface area contributed by atoms with Gasteiger partial charge in [-0.2, -0.15) is 0 Å². The lowest BCUT2D eigenvalue weighted by Gasteiger charge is -2.09. The van der Waals surface area contributed by atoms with Crippen LogP contribution in [0.2, 0.25) is 0 Å². The van der Waals surface area contributed by atoms with E-state index in [1.807, 2.05) is 0 Å². The first-order valence-corrected chi connectivity index (χ1v) is 5.01. The number of carbonyl (C=O) groups is 1. The number of carbonyl (C=O) groups excluding carboxylic acids is 1. The minimum Gasteiger partial charge on any atom is -0.444 e. The van der Waals surface area contributed by atoms with Gasteiger partial charge in [-0.3, -0.25) is 4.79 Å². The predicted octanol–water partition coefficient (Wildman–Crippen LogP) is 1.46. The number of aliphatic hydroxyl groups excluding tert-OH is 1. The number of furan rings is 1. The summed E-state index contributed by atoms with van der Waals surface area (Å²) < 4.78 is 5.67. The van der Waals surface area contributed by atoms with Crippen LogP contribution in [0.3, 0.4) is 0 Å². The van der Waals surface area contributed by atoms with Crippen LogP contribution in [0, 0.1) is 6.92 Å². The number of amides is 1. The van der Waals surface area contributed by atoms with Gasteiger partial charge in [-0.05, 0) is 35.8 Å². The molecule has 5 heteroatoms. The normalized spacial score (nSPS) is 12.6. The van der Waals surface area contributed by atoms with E-state index in [0.717, 1.165) is 5.56 Å². The highest BCUT2D eigenvalue weighted by atomic mass is 79.9. The van der Waals surface area contributed by atoms with Crippen LogP contribution in [0.5, 0.6) is 0 Å². The smallest absolute Gasteiger partial charge is 0.287 e. The van der Waals surface area contributed by atoms with Crippen molar-refractivity contribution in [2.24, 2.45) is 0 Å². The summed E-state index contributed by atoms with van der Waals surface area (Å²) >= 11 is 3.14. The zero-order valence-electron chi connectivity index (χ0n) is 8.00. The average molecular weight is 262 g/mol. The standard InChI is InChI=1S/C9H12BrNO3/c1-5-3-7(10)14-8(5)9(13)11-6(2)4-12/h3,6,12H,4H2,1-2H3,(H,11,13). The van der Waals surface area contributed by atoms with E-state index in [9.17, 15) is 4.79 Å². The van der Waals surface area contributed by atoms with Gasteiger partial charge in [0.15, 0.2) is 10.4 Å². The van der Waals surface area contributed by atoms with Gasteiger partial charge in [-0.25, -0.2) is 0 Å². The van der Waals surface area contributed by atoms with Crippen LogP contribution >= 0.6 is 15.9 Å². The Kier molecular flexibility index (Phi) is 3.71. The van der Waals surface area contributed by atoms with E-state index in [-0.39, 0.29) is 24.3 Å². The Bertz CT molecular complexity index is 335. The summed E-state index contributed by atoms with van der Waals surface area (Å²) in [5.74, 6) is -0.0353. The second-order valence-corrected chi connectivity index (χ2v) is 3.90. The minimum atomic E-state index is -0.310. The Morgan fingerprint density at radius 2 is 2.43 bits per heavy atom. The highest BCUT2D eigenvalue weighted by Crippen LogP contribution is 2.19. The Morgan fingerprint density at radius 3 is 2.86 bits per heavy atom. The maximum absolute atomic E-state index is 11.5. The van der Waals surface area contributed by atoms with E-state index < -0.39 is 0 Å². The summed E-state index contributed by atoms with van der Waals surface area (Å²) in [6, 6.07) is 1.45. The Balaban J connectivity index is 2.74. The van der Waals surface area contributed by atoms with E-state index >= 15 is 0 Å². The Morgan fingerprint density at radius 1 is 1.79 bits per heavy atom. The third-order valence-corrected chi connectivity index (χ3v) is 2.14. The van der Waals surface area contributed by atoms with Gasteiger partial charge >= 0.3 is 0 Å². The van der Waals surface area contributed by atoms with Crippen LogP contribution in [0.15, 0.2) is 15.2 Å². The van der Waals surface area contributed by atoms with Crippen molar-refractivity contribution in [3.63, 3.8) is 0 Å². The van der Waals surface area contributed by atoms with Gasteiger partial charge in [-0.1, -0.05) is 0 Å². The number of hydrogen-bond acceptors (Lipinski definition) is 3. The molecule has 4 nitrogen and oxygen atoms in total. The van der Waals surface area contributed by atoms with Crippen molar-refractivity contribution in [1.82, 2.24) is 5.32 Å². The highest BCUT2D eigenvalue weighted by Gasteiger charge is 2.16. The fraction of sp³-hybridized carbons (Fsp3) is 0.444. The van der Waals surface area contributed by atoms with Crippen molar-refractivity contribution in [3.8, 4) is 0 Å². The number of nitrogens with one attached hydrogen (secondary N) is 1. The maximum Gasteiger partial charge on any atom is 0.287 e. The molecule has 0 radical (unpaired) electrons. The van der Waals surface area contributed by atoms with Crippen molar-refractivity contribution in [2.75, 3.05) is 6.61 Å². The summed E-state index contributed by atoms with van der Waals surface area (Å²) in [5, 5.41) is 11.3. The van der Waals surface area contributed by atoms with E-state index in [1.54, 1.807) is 19.9 Å². The SMILES string of the molecule is Cc1cc(Br)oc1C(=O)NC(C)CO. The van der Waals surface area contributed by atoms with Crippen molar-refractivity contribution in [1.29, 1.82) is 0 Å². The summed E-state index contributed by atoms with van der Waals surface area (Å²) in [6.07, 6.45) is 0. The second-order valence-electron chi connectivity index (χ2n) is 3.12. The average Bonchev–Trinajstić information content (AvgIpc) is 2.45. The Hall–Kier alpha value is -0.810. The first-order chi connectivity index (χ1) is 6.54. The molecule has 1 heterocycles. The van der Waals surface area contributed by atoms with Gasteiger partial charge in [0, 0.05) is 11.6 Å². The molecule has 1 aromatic heterocycles. The number of rotatable bonds is 3. The van der Waals surface area contributed by atoms with Gasteiger partial charge in [0.2, 0.25) is 0 Å². The topological polar surface area (TPSA) is 62.5 Å². The summed E-state index contributed by atoms with van der Waals surface area (Å²) in [7, 11) is 0. The van der Waals surface area contributed by atoms with Crippen molar-refractivity contribution >= 4 is 21.8 Å². The third-order valence-electron chi connectivity index (χ3n) is 1.75. The molecular weight excluding hydrogens is 250 g/mol. The lowest BCUT2D eigenvalue weighted by Crippen LogP contribution is -2.35. The van der Waals surface area contributed by atoms with E-state index in [4.69, 9.17) is 9.52 Å². The molecule has 0 aliphatic rings. The van der Waals surface area contributed by atoms with Gasteiger partial charge < -0.3 is 14.8 Å². The monoisotopic (exact) mass is 261 g/mol. The summed E-state index contributed by atoms with van der Waals surface area (Å²) in [6.45, 7) is 3.41. The van der Waals surface area contributed by atoms with Crippen LogP contribution in [0.4, 0.5) is 0 Å². The molecule has 14 heavy (non-hydrogen) atoms.